The third-order valence-corrected chi connectivity index (χ3v) is 4.86. The summed E-state index contributed by atoms with van der Waals surface area (Å²) in [5.41, 5.74) is 1.85. The number of methoxy groups -OCH3 is 1. The Kier molecular flexibility index (Phi) is 6.22. The topological polar surface area (TPSA) is 80.5 Å². The van der Waals surface area contributed by atoms with Crippen LogP contribution < -0.4 is 10.1 Å². The summed E-state index contributed by atoms with van der Waals surface area (Å²) in [5, 5.41) is 6.88. The normalized spacial score (nSPS) is 17.8. The van der Waals surface area contributed by atoms with Gasteiger partial charge in [0.05, 0.1) is 13.7 Å². The van der Waals surface area contributed by atoms with Gasteiger partial charge in [0.25, 0.3) is 0 Å². The van der Waals surface area contributed by atoms with Crippen molar-refractivity contribution in [3.8, 4) is 5.75 Å². The van der Waals surface area contributed by atoms with Crippen molar-refractivity contribution in [1.82, 2.24) is 15.0 Å². The molecule has 2 heterocycles. The number of hydrogen-bond donors (Lipinski definition) is 1. The number of piperidine rings is 1. The predicted octanol–water partition coefficient (Wildman–Crippen LogP) is 3.02. The van der Waals surface area contributed by atoms with Crippen LogP contribution in [0.15, 0.2) is 29.1 Å². The van der Waals surface area contributed by atoms with Crippen molar-refractivity contribution in [3.63, 3.8) is 0 Å². The molecule has 0 radical (unpaired) electrons. The number of aromatic nitrogens is 2. The van der Waals surface area contributed by atoms with Gasteiger partial charge in [0.15, 0.2) is 5.82 Å². The number of nitrogens with one attached hydrogen (secondary N) is 1. The number of rotatable bonds is 7. The van der Waals surface area contributed by atoms with E-state index >= 15 is 0 Å². The van der Waals surface area contributed by atoms with E-state index in [0.717, 1.165) is 55.2 Å². The third-order valence-electron chi connectivity index (χ3n) is 4.86. The lowest BCUT2D eigenvalue weighted by molar-refractivity contribution is -0.116. The van der Waals surface area contributed by atoms with E-state index in [4.69, 9.17) is 9.26 Å². The first-order chi connectivity index (χ1) is 12.6. The third kappa shape index (κ3) is 5.05. The number of hydrogen-bond acceptors (Lipinski definition) is 6. The Morgan fingerprint density at radius 3 is 3.08 bits per heavy atom. The highest BCUT2D eigenvalue weighted by Gasteiger charge is 2.21. The molecule has 1 atom stereocenters. The van der Waals surface area contributed by atoms with Crippen LogP contribution in [0.25, 0.3) is 0 Å². The van der Waals surface area contributed by atoms with Crippen LogP contribution in [-0.4, -0.2) is 41.1 Å². The Morgan fingerprint density at radius 1 is 1.46 bits per heavy atom. The molecule has 7 heteroatoms. The largest absolute Gasteiger partial charge is 0.497 e. The van der Waals surface area contributed by atoms with Crippen molar-refractivity contribution in [2.45, 2.75) is 39.2 Å². The first-order valence-corrected chi connectivity index (χ1v) is 9.06. The van der Waals surface area contributed by atoms with Crippen LogP contribution in [0.5, 0.6) is 5.75 Å². The van der Waals surface area contributed by atoms with Gasteiger partial charge < -0.3 is 14.6 Å². The van der Waals surface area contributed by atoms with E-state index in [0.29, 0.717) is 18.9 Å². The molecule has 1 amide bonds. The molecular formula is C19H26N4O3. The van der Waals surface area contributed by atoms with Crippen LogP contribution in [0.2, 0.25) is 0 Å². The lowest BCUT2D eigenvalue weighted by Crippen LogP contribution is -2.35. The van der Waals surface area contributed by atoms with Crippen LogP contribution in [0.1, 0.15) is 37.1 Å². The highest BCUT2D eigenvalue weighted by molar-refractivity contribution is 5.91. The summed E-state index contributed by atoms with van der Waals surface area (Å²) >= 11 is 0. The SMILES string of the molecule is COc1ccc(NC(=O)CC[C@@H]2CCCN(Cc3ncon3)C2)c(C)c1. The highest BCUT2D eigenvalue weighted by Crippen LogP contribution is 2.24. The molecule has 0 spiro atoms. The van der Waals surface area contributed by atoms with Crippen LogP contribution in [0, 0.1) is 12.8 Å². The fraction of sp³-hybridized carbons (Fsp3) is 0.526. The van der Waals surface area contributed by atoms with E-state index in [1.807, 2.05) is 25.1 Å². The number of likely N-dealkylation sites (tertiary alicyclic amines) is 1. The number of benzene rings is 1. The van der Waals surface area contributed by atoms with Crippen molar-refractivity contribution in [1.29, 1.82) is 0 Å². The van der Waals surface area contributed by atoms with Gasteiger partial charge in [0.2, 0.25) is 12.3 Å². The maximum atomic E-state index is 12.3. The number of carbonyl (C=O) groups excluding carboxylic acids is 1. The second-order valence-electron chi connectivity index (χ2n) is 6.86. The summed E-state index contributed by atoms with van der Waals surface area (Å²) in [7, 11) is 1.64. The summed E-state index contributed by atoms with van der Waals surface area (Å²) in [6.07, 6.45) is 5.09. The van der Waals surface area contributed by atoms with E-state index in [1.54, 1.807) is 7.11 Å². The Hall–Kier alpha value is -2.41. The summed E-state index contributed by atoms with van der Waals surface area (Å²) in [5.74, 6) is 2.11. The standard InChI is InChI=1S/C19H26N4O3/c1-14-10-16(25-2)6-7-17(14)21-19(24)8-5-15-4-3-9-23(11-15)12-18-20-13-26-22-18/h6-7,10,13,15H,3-5,8-9,11-12H2,1-2H3,(H,21,24)/t15-/m0/s1. The van der Waals surface area contributed by atoms with Crippen molar-refractivity contribution >= 4 is 11.6 Å². The van der Waals surface area contributed by atoms with Crippen molar-refractivity contribution in [3.05, 3.63) is 36.0 Å². The number of amides is 1. The van der Waals surface area contributed by atoms with Gasteiger partial charge in [-0.2, -0.15) is 4.98 Å². The molecule has 140 valence electrons. The molecule has 0 saturated carbocycles. The number of nitrogens with zero attached hydrogens (tertiary/aromatic N) is 3. The van der Waals surface area contributed by atoms with Gasteiger partial charge in [-0.05, 0) is 62.4 Å². The average Bonchev–Trinajstić information content (AvgIpc) is 3.15. The number of carbonyl (C=O) groups is 1. The highest BCUT2D eigenvalue weighted by atomic mass is 16.5. The molecule has 1 aliphatic rings. The van der Waals surface area contributed by atoms with Gasteiger partial charge in [-0.1, -0.05) is 5.16 Å². The number of anilines is 1. The van der Waals surface area contributed by atoms with Crippen LogP contribution in [0.4, 0.5) is 5.69 Å². The first kappa shape index (κ1) is 18.4. The number of aryl methyl sites for hydroxylation is 1. The van der Waals surface area contributed by atoms with E-state index < -0.39 is 0 Å². The lowest BCUT2D eigenvalue weighted by atomic mass is 9.93. The Bertz CT molecular complexity index is 718. The zero-order valence-corrected chi connectivity index (χ0v) is 15.4. The van der Waals surface area contributed by atoms with Gasteiger partial charge in [-0.3, -0.25) is 9.69 Å². The van der Waals surface area contributed by atoms with Gasteiger partial charge in [-0.15, -0.1) is 0 Å². The average molecular weight is 358 g/mol. The smallest absolute Gasteiger partial charge is 0.224 e. The van der Waals surface area contributed by atoms with E-state index in [1.165, 1.54) is 6.39 Å². The molecule has 1 N–H and O–H groups in total. The minimum atomic E-state index is 0.0635. The van der Waals surface area contributed by atoms with E-state index in [2.05, 4.69) is 20.4 Å². The summed E-state index contributed by atoms with van der Waals surface area (Å²) in [6.45, 7) is 4.70. The molecule has 7 nitrogen and oxygen atoms in total. The molecule has 1 aliphatic heterocycles. The van der Waals surface area contributed by atoms with E-state index in [-0.39, 0.29) is 5.91 Å². The van der Waals surface area contributed by atoms with Gasteiger partial charge in [-0.25, -0.2) is 0 Å². The Labute approximate surface area is 153 Å². The quantitative estimate of drug-likeness (QED) is 0.819. The van der Waals surface area contributed by atoms with Crippen LogP contribution >= 0.6 is 0 Å². The zero-order chi connectivity index (χ0) is 18.4. The second-order valence-corrected chi connectivity index (χ2v) is 6.86. The van der Waals surface area contributed by atoms with Gasteiger partial charge in [0.1, 0.15) is 5.75 Å². The molecule has 0 aliphatic carbocycles. The molecule has 0 bridgehead atoms. The first-order valence-electron chi connectivity index (χ1n) is 9.06. The zero-order valence-electron chi connectivity index (χ0n) is 15.4. The summed E-state index contributed by atoms with van der Waals surface area (Å²) in [4.78, 5) is 18.7. The van der Waals surface area contributed by atoms with E-state index in [9.17, 15) is 4.79 Å². The Balaban J connectivity index is 1.45. The summed E-state index contributed by atoms with van der Waals surface area (Å²) in [6, 6.07) is 5.67. The van der Waals surface area contributed by atoms with Gasteiger partial charge >= 0.3 is 0 Å². The molecule has 26 heavy (non-hydrogen) atoms. The minimum Gasteiger partial charge on any atom is -0.497 e. The van der Waals surface area contributed by atoms with Crippen LogP contribution in [-0.2, 0) is 11.3 Å². The predicted molar refractivity (Wildman–Crippen MR) is 97.9 cm³/mol. The maximum Gasteiger partial charge on any atom is 0.224 e. The second kappa shape index (κ2) is 8.80. The number of ether oxygens (including phenoxy) is 1. The molecule has 1 fully saturated rings. The molecule has 3 rings (SSSR count). The lowest BCUT2D eigenvalue weighted by Gasteiger charge is -2.31. The van der Waals surface area contributed by atoms with Gasteiger partial charge in [0, 0.05) is 18.7 Å². The molecule has 1 aromatic heterocycles. The van der Waals surface area contributed by atoms with Crippen molar-refractivity contribution < 1.29 is 14.1 Å². The molecule has 1 aromatic carbocycles. The fourth-order valence-corrected chi connectivity index (χ4v) is 3.44. The molecule has 1 saturated heterocycles. The Morgan fingerprint density at radius 2 is 2.35 bits per heavy atom. The monoisotopic (exact) mass is 358 g/mol. The molecule has 2 aromatic rings. The van der Waals surface area contributed by atoms with Crippen molar-refractivity contribution in [2.75, 3.05) is 25.5 Å². The molecule has 0 unspecified atom stereocenters. The maximum absolute atomic E-state index is 12.3. The van der Waals surface area contributed by atoms with Crippen molar-refractivity contribution in [2.24, 2.45) is 5.92 Å². The summed E-state index contributed by atoms with van der Waals surface area (Å²) < 4.78 is 9.99. The minimum absolute atomic E-state index is 0.0635. The molecular weight excluding hydrogens is 332 g/mol. The fourth-order valence-electron chi connectivity index (χ4n) is 3.44. The van der Waals surface area contributed by atoms with Crippen LogP contribution in [0.3, 0.4) is 0 Å².